The minimum Gasteiger partial charge on any atom is -0.507 e. The average molecular weight is 333 g/mol. The van der Waals surface area contributed by atoms with E-state index in [1.807, 2.05) is 6.07 Å². The van der Waals surface area contributed by atoms with Crippen molar-refractivity contribution in [3.63, 3.8) is 0 Å². The number of hydrogen-bond acceptors (Lipinski definition) is 4. The number of aromatic hydroxyl groups is 1. The molecule has 0 saturated heterocycles. The zero-order valence-electron chi connectivity index (χ0n) is 13.8. The highest BCUT2D eigenvalue weighted by molar-refractivity contribution is 6.11. The second-order valence-electron chi connectivity index (χ2n) is 5.32. The molecule has 0 bridgehead atoms. The molecule has 25 heavy (non-hydrogen) atoms. The van der Waals surface area contributed by atoms with E-state index >= 15 is 0 Å². The summed E-state index contributed by atoms with van der Waals surface area (Å²) >= 11 is 0. The molecule has 0 aromatic heterocycles. The summed E-state index contributed by atoms with van der Waals surface area (Å²) in [6.07, 6.45) is 4.85. The number of phenolic OH excluding ortho intramolecular Hbond substituents is 1. The summed E-state index contributed by atoms with van der Waals surface area (Å²) in [7, 11) is 0. The van der Waals surface area contributed by atoms with E-state index < -0.39 is 5.91 Å². The molecule has 0 saturated carbocycles. The molecule has 126 valence electrons. The Kier molecular flexibility index (Phi) is 5.97. The highest BCUT2D eigenvalue weighted by Crippen LogP contribution is 2.29. The first kappa shape index (κ1) is 17.8. The van der Waals surface area contributed by atoms with Crippen molar-refractivity contribution in [1.29, 1.82) is 5.26 Å². The lowest BCUT2D eigenvalue weighted by molar-refractivity contribution is -0.112. The number of anilines is 1. The normalized spacial score (nSPS) is 10.8. The Morgan fingerprint density at radius 3 is 2.44 bits per heavy atom. The van der Waals surface area contributed by atoms with E-state index in [1.54, 1.807) is 53.5 Å². The molecule has 0 aliphatic carbocycles. The number of nitrogens with zero attached hydrogens (tertiary/aromatic N) is 2. The third-order valence-electron chi connectivity index (χ3n) is 3.55. The Hall–Kier alpha value is -3.52. The number of hydrogen-bond donors (Lipinski definition) is 2. The van der Waals surface area contributed by atoms with Crippen LogP contribution in [-0.2, 0) is 4.79 Å². The lowest BCUT2D eigenvalue weighted by Gasteiger charge is -2.16. The average Bonchev–Trinajstić information content (AvgIpc) is 2.60. The molecule has 5 heteroatoms. The molecule has 2 aromatic carbocycles. The van der Waals surface area contributed by atoms with Gasteiger partial charge in [0.1, 0.15) is 17.4 Å². The highest BCUT2D eigenvalue weighted by Gasteiger charge is 2.13. The third kappa shape index (κ3) is 4.27. The molecule has 5 nitrogen and oxygen atoms in total. The lowest BCUT2D eigenvalue weighted by atomic mass is 10.1. The van der Waals surface area contributed by atoms with Crippen molar-refractivity contribution in [1.82, 2.24) is 4.90 Å². The van der Waals surface area contributed by atoms with Crippen molar-refractivity contribution < 1.29 is 9.90 Å². The molecular weight excluding hydrogens is 314 g/mol. The first-order valence-electron chi connectivity index (χ1n) is 7.70. The number of nitriles is 1. The minimum atomic E-state index is -0.517. The van der Waals surface area contributed by atoms with Crippen molar-refractivity contribution >= 4 is 22.4 Å². The summed E-state index contributed by atoms with van der Waals surface area (Å²) in [5, 5.41) is 23.3. The number of amides is 1. The van der Waals surface area contributed by atoms with Crippen LogP contribution in [0.4, 0.5) is 5.69 Å². The van der Waals surface area contributed by atoms with E-state index in [2.05, 4.69) is 18.5 Å². The van der Waals surface area contributed by atoms with Crippen LogP contribution in [0, 0.1) is 11.3 Å². The van der Waals surface area contributed by atoms with Gasteiger partial charge >= 0.3 is 0 Å². The van der Waals surface area contributed by atoms with Crippen molar-refractivity contribution in [2.45, 2.75) is 0 Å². The van der Waals surface area contributed by atoms with Crippen LogP contribution in [0.25, 0.3) is 10.8 Å². The van der Waals surface area contributed by atoms with Gasteiger partial charge in [-0.25, -0.2) is 0 Å². The van der Waals surface area contributed by atoms with Crippen LogP contribution in [0.15, 0.2) is 73.5 Å². The fraction of sp³-hybridized carbons (Fsp3) is 0.100. The van der Waals surface area contributed by atoms with E-state index in [1.165, 1.54) is 6.20 Å². The lowest BCUT2D eigenvalue weighted by Crippen LogP contribution is -2.21. The van der Waals surface area contributed by atoms with E-state index in [9.17, 15) is 15.2 Å². The molecule has 2 aromatic rings. The van der Waals surface area contributed by atoms with Crippen LogP contribution in [-0.4, -0.2) is 29.0 Å². The molecule has 2 N–H and O–H groups in total. The number of benzene rings is 2. The first-order valence-corrected chi connectivity index (χ1v) is 7.70. The Morgan fingerprint density at radius 2 is 1.80 bits per heavy atom. The molecule has 2 rings (SSSR count). The number of nitrogens with one attached hydrogen (secondary N) is 1. The second kappa shape index (κ2) is 8.37. The quantitative estimate of drug-likeness (QED) is 0.461. The maximum atomic E-state index is 12.5. The van der Waals surface area contributed by atoms with Gasteiger partial charge in [0, 0.05) is 35.7 Å². The molecule has 1 amide bonds. The van der Waals surface area contributed by atoms with Gasteiger partial charge < -0.3 is 15.3 Å². The van der Waals surface area contributed by atoms with Gasteiger partial charge in [-0.15, -0.1) is 13.2 Å². The third-order valence-corrected chi connectivity index (χ3v) is 3.55. The molecule has 0 unspecified atom stereocenters. The van der Waals surface area contributed by atoms with Crippen LogP contribution >= 0.6 is 0 Å². The van der Waals surface area contributed by atoms with Crippen LogP contribution in [0.2, 0.25) is 0 Å². The van der Waals surface area contributed by atoms with Gasteiger partial charge in [-0.3, -0.25) is 4.79 Å². The largest absolute Gasteiger partial charge is 0.507 e. The number of carbonyl (C=O) groups excluding carboxylic acids is 1. The van der Waals surface area contributed by atoms with Gasteiger partial charge in [0.25, 0.3) is 5.91 Å². The van der Waals surface area contributed by atoms with E-state index in [-0.39, 0.29) is 11.3 Å². The highest BCUT2D eigenvalue weighted by atomic mass is 16.3. The van der Waals surface area contributed by atoms with Gasteiger partial charge in [-0.05, 0) is 12.1 Å². The fourth-order valence-corrected chi connectivity index (χ4v) is 2.42. The molecule has 0 spiro atoms. The Labute approximate surface area is 146 Å². The standard InChI is InChI=1S/C20H19N3O2/c1-3-11-23(12-4-2)14-15(13-21)20(25)22-18-9-5-8-17-16(18)7-6-10-19(17)24/h3-10,14,24H,1-2,11-12H2,(H,22,25)/b15-14-. The van der Waals surface area contributed by atoms with Gasteiger partial charge in [0.2, 0.25) is 0 Å². The zero-order valence-corrected chi connectivity index (χ0v) is 13.8. The maximum absolute atomic E-state index is 12.5. The predicted molar refractivity (Wildman–Crippen MR) is 99.9 cm³/mol. The SMILES string of the molecule is C=CCN(/C=C(/C#N)C(=O)Nc1cccc2c(O)cccc12)CC=C. The van der Waals surface area contributed by atoms with E-state index in [0.717, 1.165) is 0 Å². The van der Waals surface area contributed by atoms with Crippen LogP contribution < -0.4 is 5.32 Å². The topological polar surface area (TPSA) is 76.4 Å². The Bertz CT molecular complexity index is 868. The van der Waals surface area contributed by atoms with Gasteiger partial charge in [0.05, 0.1) is 0 Å². The summed E-state index contributed by atoms with van der Waals surface area (Å²) < 4.78 is 0. The van der Waals surface area contributed by atoms with Gasteiger partial charge in [0.15, 0.2) is 0 Å². The van der Waals surface area contributed by atoms with E-state index in [4.69, 9.17) is 0 Å². The number of rotatable bonds is 7. The number of carbonyl (C=O) groups is 1. The molecule has 0 radical (unpaired) electrons. The summed E-state index contributed by atoms with van der Waals surface area (Å²) in [4.78, 5) is 14.2. The summed E-state index contributed by atoms with van der Waals surface area (Å²) in [6.45, 7) is 8.30. The van der Waals surface area contributed by atoms with Crippen LogP contribution in [0.3, 0.4) is 0 Å². The predicted octanol–water partition coefficient (Wildman–Crippen LogP) is 3.57. The number of phenols is 1. The Balaban J connectivity index is 2.31. The summed E-state index contributed by atoms with van der Waals surface area (Å²) in [5.41, 5.74) is 0.499. The summed E-state index contributed by atoms with van der Waals surface area (Å²) in [5.74, 6) is -0.385. The van der Waals surface area contributed by atoms with Crippen molar-refractivity contribution in [3.05, 3.63) is 73.5 Å². The molecule has 0 atom stereocenters. The number of fused-ring (bicyclic) bond motifs is 1. The minimum absolute atomic E-state index is 0.0270. The monoisotopic (exact) mass is 333 g/mol. The molecule has 0 fully saturated rings. The van der Waals surface area contributed by atoms with Crippen molar-refractivity contribution in [2.75, 3.05) is 18.4 Å². The fourth-order valence-electron chi connectivity index (χ4n) is 2.42. The Morgan fingerprint density at radius 1 is 1.16 bits per heavy atom. The molecule has 0 aliphatic heterocycles. The summed E-state index contributed by atoms with van der Waals surface area (Å²) in [6, 6.07) is 12.2. The first-order chi connectivity index (χ1) is 12.1. The smallest absolute Gasteiger partial charge is 0.267 e. The van der Waals surface area contributed by atoms with Gasteiger partial charge in [-0.1, -0.05) is 36.4 Å². The molecular formula is C20H19N3O2. The zero-order chi connectivity index (χ0) is 18.2. The van der Waals surface area contributed by atoms with Gasteiger partial charge in [-0.2, -0.15) is 5.26 Å². The maximum Gasteiger partial charge on any atom is 0.267 e. The van der Waals surface area contributed by atoms with Crippen molar-refractivity contribution in [2.24, 2.45) is 0 Å². The molecule has 0 aliphatic rings. The van der Waals surface area contributed by atoms with Crippen molar-refractivity contribution in [3.8, 4) is 11.8 Å². The second-order valence-corrected chi connectivity index (χ2v) is 5.32. The van der Waals surface area contributed by atoms with Crippen LogP contribution in [0.5, 0.6) is 5.75 Å². The molecule has 0 heterocycles. The van der Waals surface area contributed by atoms with E-state index in [0.29, 0.717) is 29.5 Å². The van der Waals surface area contributed by atoms with Crippen LogP contribution in [0.1, 0.15) is 0 Å².